The Labute approximate surface area is 126 Å². The minimum absolute atomic E-state index is 0.0121. The van der Waals surface area contributed by atoms with E-state index in [0.717, 1.165) is 11.4 Å². The molecular weight excluding hydrogens is 266 g/mol. The van der Waals surface area contributed by atoms with Gasteiger partial charge in [-0.2, -0.15) is 0 Å². The molecule has 0 aromatic heterocycles. The Morgan fingerprint density at radius 3 is 2.48 bits per heavy atom. The summed E-state index contributed by atoms with van der Waals surface area (Å²) in [5.74, 6) is -0.268. The maximum Gasteiger partial charge on any atom is 0.321 e. The summed E-state index contributed by atoms with van der Waals surface area (Å²) in [4.78, 5) is 24.3. The summed E-state index contributed by atoms with van der Waals surface area (Å²) in [7, 11) is 1.94. The molecule has 0 fully saturated rings. The lowest BCUT2D eigenvalue weighted by molar-refractivity contribution is -0.885. The zero-order chi connectivity index (χ0) is 16.0. The summed E-state index contributed by atoms with van der Waals surface area (Å²) < 4.78 is 0. The molecule has 1 aromatic rings. The average molecular weight is 292 g/mol. The molecule has 0 saturated heterocycles. The van der Waals surface area contributed by atoms with Gasteiger partial charge >= 0.3 is 6.03 Å². The van der Waals surface area contributed by atoms with E-state index in [4.69, 9.17) is 0 Å². The number of hydrogen-bond donors (Lipinski definition) is 3. The molecule has 0 spiro atoms. The maximum absolute atomic E-state index is 11.8. The van der Waals surface area contributed by atoms with Gasteiger partial charge in [0.05, 0.1) is 7.05 Å². The predicted octanol–water partition coefficient (Wildman–Crippen LogP) is 0.552. The number of nitrogens with one attached hydrogen (secondary N) is 3. The molecule has 1 rings (SSSR count). The zero-order valence-electron chi connectivity index (χ0n) is 13.5. The monoisotopic (exact) mass is 292 g/mol. The topological polar surface area (TPSA) is 62.6 Å². The van der Waals surface area contributed by atoms with Gasteiger partial charge in [-0.15, -0.1) is 0 Å². The van der Waals surface area contributed by atoms with E-state index >= 15 is 0 Å². The molecule has 0 aliphatic rings. The standard InChI is InChI=1S/C16H25N3O2/c1-11(2)17-16(21)18-15(20)10-19(5)9-14-7-6-12(3)8-13(14)4/h6-8,11H,9-10H2,1-5H3,(H2,17,18,20,21)/p+1. The third-order valence-corrected chi connectivity index (χ3v) is 3.13. The fourth-order valence-electron chi connectivity index (χ4n) is 2.17. The van der Waals surface area contributed by atoms with E-state index in [1.54, 1.807) is 0 Å². The van der Waals surface area contributed by atoms with Crippen molar-refractivity contribution >= 4 is 11.9 Å². The minimum Gasteiger partial charge on any atom is -0.336 e. The van der Waals surface area contributed by atoms with E-state index in [9.17, 15) is 9.59 Å². The van der Waals surface area contributed by atoms with Crippen LogP contribution in [-0.2, 0) is 11.3 Å². The Kier molecular flexibility index (Phi) is 6.37. The van der Waals surface area contributed by atoms with E-state index < -0.39 is 6.03 Å². The van der Waals surface area contributed by atoms with Gasteiger partial charge in [0, 0.05) is 11.6 Å². The van der Waals surface area contributed by atoms with Crippen molar-refractivity contribution < 1.29 is 14.5 Å². The van der Waals surface area contributed by atoms with Crippen LogP contribution in [-0.4, -0.2) is 31.6 Å². The number of hydrogen-bond acceptors (Lipinski definition) is 2. The number of rotatable bonds is 5. The van der Waals surface area contributed by atoms with Gasteiger partial charge in [0.15, 0.2) is 6.54 Å². The van der Waals surface area contributed by atoms with Crippen LogP contribution >= 0.6 is 0 Å². The van der Waals surface area contributed by atoms with Gasteiger partial charge in [0.2, 0.25) is 0 Å². The first-order valence-corrected chi connectivity index (χ1v) is 7.25. The molecule has 3 N–H and O–H groups in total. The first kappa shape index (κ1) is 17.2. The molecule has 1 unspecified atom stereocenters. The minimum atomic E-state index is -0.436. The molecule has 116 valence electrons. The van der Waals surface area contributed by atoms with Crippen molar-refractivity contribution in [1.29, 1.82) is 0 Å². The Hall–Kier alpha value is -1.88. The molecule has 0 bridgehead atoms. The molecule has 1 atom stereocenters. The van der Waals surface area contributed by atoms with Crippen LogP contribution in [0.3, 0.4) is 0 Å². The van der Waals surface area contributed by atoms with Crippen molar-refractivity contribution in [3.8, 4) is 0 Å². The van der Waals surface area contributed by atoms with E-state index in [0.29, 0.717) is 0 Å². The molecule has 1 aromatic carbocycles. The lowest BCUT2D eigenvalue weighted by Gasteiger charge is -2.16. The molecule has 5 nitrogen and oxygen atoms in total. The van der Waals surface area contributed by atoms with Gasteiger partial charge in [0.1, 0.15) is 6.54 Å². The SMILES string of the molecule is Cc1ccc(C[NH+](C)CC(=O)NC(=O)NC(C)C)c(C)c1. The Bertz CT molecular complexity index is 512. The van der Waals surface area contributed by atoms with E-state index in [1.807, 2.05) is 20.9 Å². The number of carbonyl (C=O) groups is 2. The summed E-state index contributed by atoms with van der Waals surface area (Å²) in [6, 6.07) is 5.88. The van der Waals surface area contributed by atoms with Crippen molar-refractivity contribution in [3.63, 3.8) is 0 Å². The third-order valence-electron chi connectivity index (χ3n) is 3.13. The second-order valence-electron chi connectivity index (χ2n) is 5.92. The van der Waals surface area contributed by atoms with Crippen LogP contribution in [0.1, 0.15) is 30.5 Å². The third kappa shape index (κ3) is 6.40. The van der Waals surface area contributed by atoms with Crippen LogP contribution in [0, 0.1) is 13.8 Å². The number of aryl methyl sites for hydroxylation is 2. The number of urea groups is 1. The van der Waals surface area contributed by atoms with E-state index in [1.165, 1.54) is 16.7 Å². The second kappa shape index (κ2) is 7.78. The summed E-state index contributed by atoms with van der Waals surface area (Å²) in [5.41, 5.74) is 3.68. The van der Waals surface area contributed by atoms with Crippen LogP contribution in [0.5, 0.6) is 0 Å². The highest BCUT2D eigenvalue weighted by Crippen LogP contribution is 2.08. The molecular formula is C16H26N3O2+. The van der Waals surface area contributed by atoms with Gasteiger partial charge in [-0.1, -0.05) is 23.8 Å². The van der Waals surface area contributed by atoms with Gasteiger partial charge in [0.25, 0.3) is 5.91 Å². The predicted molar refractivity (Wildman–Crippen MR) is 83.2 cm³/mol. The van der Waals surface area contributed by atoms with Gasteiger partial charge < -0.3 is 10.2 Å². The van der Waals surface area contributed by atoms with Crippen molar-refractivity contribution in [2.24, 2.45) is 0 Å². The highest BCUT2D eigenvalue weighted by molar-refractivity contribution is 5.94. The fraction of sp³-hybridized carbons (Fsp3) is 0.500. The van der Waals surface area contributed by atoms with Crippen LogP contribution in [0.2, 0.25) is 0 Å². The number of likely N-dealkylation sites (N-methyl/N-ethyl adjacent to an activating group) is 1. The lowest BCUT2D eigenvalue weighted by atomic mass is 10.1. The Morgan fingerprint density at radius 2 is 1.90 bits per heavy atom. The van der Waals surface area contributed by atoms with Gasteiger partial charge in [-0.3, -0.25) is 10.1 Å². The zero-order valence-corrected chi connectivity index (χ0v) is 13.5. The highest BCUT2D eigenvalue weighted by atomic mass is 16.2. The second-order valence-corrected chi connectivity index (χ2v) is 5.92. The quantitative estimate of drug-likeness (QED) is 0.742. The Morgan fingerprint density at radius 1 is 1.24 bits per heavy atom. The molecule has 21 heavy (non-hydrogen) atoms. The first-order valence-electron chi connectivity index (χ1n) is 7.25. The summed E-state index contributed by atoms with van der Waals surface area (Å²) in [6.45, 7) is 8.85. The summed E-state index contributed by atoms with van der Waals surface area (Å²) in [5, 5.41) is 4.97. The maximum atomic E-state index is 11.8. The van der Waals surface area contributed by atoms with Gasteiger partial charge in [-0.05, 0) is 33.3 Å². The molecule has 0 aliphatic carbocycles. The number of amides is 3. The van der Waals surface area contributed by atoms with E-state index in [-0.39, 0.29) is 18.5 Å². The van der Waals surface area contributed by atoms with Crippen molar-refractivity contribution in [1.82, 2.24) is 10.6 Å². The molecule has 3 amide bonds. The van der Waals surface area contributed by atoms with Crippen LogP contribution in [0.4, 0.5) is 4.79 Å². The summed E-state index contributed by atoms with van der Waals surface area (Å²) in [6.07, 6.45) is 0. The van der Waals surface area contributed by atoms with Crippen molar-refractivity contribution in [2.75, 3.05) is 13.6 Å². The highest BCUT2D eigenvalue weighted by Gasteiger charge is 2.14. The molecule has 0 radical (unpaired) electrons. The average Bonchev–Trinajstić information content (AvgIpc) is 2.31. The number of carbonyl (C=O) groups excluding carboxylic acids is 2. The molecule has 0 saturated carbocycles. The molecule has 0 heterocycles. The summed E-state index contributed by atoms with van der Waals surface area (Å²) >= 11 is 0. The smallest absolute Gasteiger partial charge is 0.321 e. The van der Waals surface area contributed by atoms with Crippen LogP contribution in [0.15, 0.2) is 18.2 Å². The van der Waals surface area contributed by atoms with Crippen LogP contribution in [0.25, 0.3) is 0 Å². The number of quaternary nitrogens is 1. The molecule has 0 aliphatic heterocycles. The fourth-order valence-corrected chi connectivity index (χ4v) is 2.17. The van der Waals surface area contributed by atoms with Crippen LogP contribution < -0.4 is 15.5 Å². The number of benzene rings is 1. The first-order chi connectivity index (χ1) is 9.77. The van der Waals surface area contributed by atoms with E-state index in [2.05, 4.69) is 42.7 Å². The Balaban J connectivity index is 2.47. The lowest BCUT2D eigenvalue weighted by Crippen LogP contribution is -3.09. The normalized spacial score (nSPS) is 12.1. The molecule has 5 heteroatoms. The van der Waals surface area contributed by atoms with Crippen molar-refractivity contribution in [2.45, 2.75) is 40.3 Å². The number of imide groups is 1. The van der Waals surface area contributed by atoms with Crippen molar-refractivity contribution in [3.05, 3.63) is 34.9 Å². The van der Waals surface area contributed by atoms with Gasteiger partial charge in [-0.25, -0.2) is 4.79 Å². The largest absolute Gasteiger partial charge is 0.336 e.